The lowest BCUT2D eigenvalue weighted by atomic mass is 9.91. The Morgan fingerprint density at radius 1 is 0.722 bits per heavy atom. The molecule has 0 heterocycles. The molecule has 3 rings (SSSR count). The van der Waals surface area contributed by atoms with Gasteiger partial charge in [-0.05, 0) is 66.0 Å². The highest BCUT2D eigenvalue weighted by Crippen LogP contribution is 2.25. The number of hydrogen-bond acceptors (Lipinski definition) is 0. The molecule has 1 unspecified atom stereocenters. The topological polar surface area (TPSA) is 0 Å². The van der Waals surface area contributed by atoms with E-state index in [-0.39, 0.29) is 5.82 Å². The normalized spacial score (nSPS) is 11.1. The summed E-state index contributed by atoms with van der Waals surface area (Å²) in [6, 6.07) is 25.5. The van der Waals surface area contributed by atoms with Gasteiger partial charge in [0.15, 0.2) is 0 Å². The molecule has 0 fully saturated rings. The first-order valence-corrected chi connectivity index (χ1v) is 13.9. The van der Waals surface area contributed by atoms with Gasteiger partial charge >= 0.3 is 0 Å². The summed E-state index contributed by atoms with van der Waals surface area (Å²) in [5.74, 6) is 1.53. The fourth-order valence-corrected chi connectivity index (χ4v) is 4.21. The highest BCUT2D eigenvalue weighted by molar-refractivity contribution is 5.68. The second-order valence-electron chi connectivity index (χ2n) is 9.86. The summed E-state index contributed by atoms with van der Waals surface area (Å²) in [6.45, 7) is 17.2. The molecule has 3 aromatic rings. The van der Waals surface area contributed by atoms with E-state index >= 15 is 0 Å². The molecule has 0 amide bonds. The highest BCUT2D eigenvalue weighted by Gasteiger charge is 2.08. The summed E-state index contributed by atoms with van der Waals surface area (Å²) in [5.41, 5.74) is 5.58. The van der Waals surface area contributed by atoms with Crippen LogP contribution in [-0.4, -0.2) is 0 Å². The fourth-order valence-electron chi connectivity index (χ4n) is 4.21. The molecule has 1 atom stereocenters. The first-order valence-electron chi connectivity index (χ1n) is 13.9. The van der Waals surface area contributed by atoms with E-state index in [0.29, 0.717) is 0 Å². The summed E-state index contributed by atoms with van der Waals surface area (Å²) in [7, 11) is 0. The largest absolute Gasteiger partial charge is 0.207 e. The van der Waals surface area contributed by atoms with Gasteiger partial charge in [-0.2, -0.15) is 0 Å². The van der Waals surface area contributed by atoms with Crippen LogP contribution < -0.4 is 0 Å². The van der Waals surface area contributed by atoms with Crippen LogP contribution in [0.1, 0.15) is 104 Å². The Bertz CT molecular complexity index is 949. The van der Waals surface area contributed by atoms with Crippen molar-refractivity contribution < 1.29 is 4.39 Å². The van der Waals surface area contributed by atoms with Crippen molar-refractivity contribution in [2.45, 2.75) is 92.4 Å². The lowest BCUT2D eigenvalue weighted by Gasteiger charge is -2.15. The van der Waals surface area contributed by atoms with Crippen LogP contribution in [0, 0.1) is 11.7 Å². The molecule has 0 aliphatic heterocycles. The maximum atomic E-state index is 13.0. The Morgan fingerprint density at radius 3 is 1.75 bits per heavy atom. The zero-order valence-electron chi connectivity index (χ0n) is 23.7. The summed E-state index contributed by atoms with van der Waals surface area (Å²) in [5, 5.41) is 0. The van der Waals surface area contributed by atoms with Crippen molar-refractivity contribution >= 4 is 5.57 Å². The fraction of sp³-hybridized carbons (Fsp3) is 0.429. The predicted octanol–water partition coefficient (Wildman–Crippen LogP) is 11.7. The summed E-state index contributed by atoms with van der Waals surface area (Å²) >= 11 is 0. The Morgan fingerprint density at radius 2 is 1.31 bits per heavy atom. The van der Waals surface area contributed by atoms with Gasteiger partial charge in [-0.3, -0.25) is 0 Å². The van der Waals surface area contributed by atoms with Gasteiger partial charge in [-0.15, -0.1) is 0 Å². The van der Waals surface area contributed by atoms with Crippen molar-refractivity contribution in [3.8, 4) is 11.1 Å². The van der Waals surface area contributed by atoms with Gasteiger partial charge in [0, 0.05) is 0 Å². The molecule has 0 radical (unpaired) electrons. The zero-order chi connectivity index (χ0) is 26.8. The Balaban J connectivity index is 0.000000292. The molecule has 0 aliphatic carbocycles. The summed E-state index contributed by atoms with van der Waals surface area (Å²) < 4.78 is 13.0. The van der Waals surface area contributed by atoms with E-state index in [9.17, 15) is 4.39 Å². The maximum Gasteiger partial charge on any atom is 0.123 e. The Hall–Kier alpha value is -2.67. The first-order chi connectivity index (χ1) is 17.4. The van der Waals surface area contributed by atoms with Crippen LogP contribution in [0.2, 0.25) is 0 Å². The molecule has 3 aromatic carbocycles. The third-order valence-corrected chi connectivity index (χ3v) is 6.56. The van der Waals surface area contributed by atoms with Gasteiger partial charge in [-0.25, -0.2) is 4.39 Å². The van der Waals surface area contributed by atoms with Gasteiger partial charge in [0.2, 0.25) is 0 Å². The summed E-state index contributed by atoms with van der Waals surface area (Å²) in [6.07, 6.45) is 9.33. The van der Waals surface area contributed by atoms with E-state index in [0.717, 1.165) is 34.1 Å². The smallest absolute Gasteiger partial charge is 0.123 e. The summed E-state index contributed by atoms with van der Waals surface area (Å²) in [4.78, 5) is 0. The van der Waals surface area contributed by atoms with Crippen LogP contribution in [0.5, 0.6) is 0 Å². The van der Waals surface area contributed by atoms with Gasteiger partial charge in [-0.1, -0.05) is 146 Å². The van der Waals surface area contributed by atoms with E-state index in [1.807, 2.05) is 37.3 Å². The average Bonchev–Trinajstić information content (AvgIpc) is 2.90. The van der Waals surface area contributed by atoms with Crippen molar-refractivity contribution in [3.63, 3.8) is 0 Å². The van der Waals surface area contributed by atoms with Gasteiger partial charge in [0.25, 0.3) is 0 Å². The molecular formula is C35H49F. The number of hydrogen-bond donors (Lipinski definition) is 0. The number of rotatable bonds is 10. The third-order valence-electron chi connectivity index (χ3n) is 6.56. The Kier molecular flexibility index (Phi) is 16.2. The number of halogens is 1. The molecule has 0 bridgehead atoms. The molecule has 0 saturated carbocycles. The molecule has 0 spiro atoms. The predicted molar refractivity (Wildman–Crippen MR) is 160 cm³/mol. The molecule has 0 aliphatic rings. The minimum Gasteiger partial charge on any atom is -0.207 e. The average molecular weight is 489 g/mol. The van der Waals surface area contributed by atoms with Crippen molar-refractivity contribution in [3.05, 3.63) is 102 Å². The van der Waals surface area contributed by atoms with Crippen molar-refractivity contribution in [1.29, 1.82) is 0 Å². The minimum atomic E-state index is -0.207. The van der Waals surface area contributed by atoms with E-state index in [1.165, 1.54) is 62.6 Å². The van der Waals surface area contributed by atoms with Crippen LogP contribution in [0.25, 0.3) is 16.7 Å². The van der Waals surface area contributed by atoms with Gasteiger partial charge in [0.05, 0.1) is 0 Å². The number of benzene rings is 3. The van der Waals surface area contributed by atoms with Gasteiger partial charge in [0.1, 0.15) is 5.82 Å². The lowest BCUT2D eigenvalue weighted by Crippen LogP contribution is -1.97. The van der Waals surface area contributed by atoms with E-state index < -0.39 is 0 Å². The second kappa shape index (κ2) is 18.6. The molecule has 0 nitrogen and oxygen atoms in total. The zero-order valence-corrected chi connectivity index (χ0v) is 23.7. The standard InChI is InChI=1S/C15H13F.C13H20.C7H16/c1-11(2)12-6-8-13(9-7-12)14-4-3-5-15(16)10-14;1-3-8-12(9-4-2)13-10-6-5-7-11-13;1-4-6-7(3)5-2/h3-10H,1H2,2H3;5-7,10-12H,3-4,8-9H2,1-2H3;7H,4-6H2,1-3H3. The molecule has 0 N–H and O–H groups in total. The Labute approximate surface area is 221 Å². The second-order valence-corrected chi connectivity index (χ2v) is 9.86. The van der Waals surface area contributed by atoms with Crippen molar-refractivity contribution in [2.75, 3.05) is 0 Å². The van der Waals surface area contributed by atoms with Crippen LogP contribution >= 0.6 is 0 Å². The maximum absolute atomic E-state index is 13.0. The highest BCUT2D eigenvalue weighted by atomic mass is 19.1. The van der Waals surface area contributed by atoms with E-state index in [1.54, 1.807) is 6.07 Å². The van der Waals surface area contributed by atoms with E-state index in [4.69, 9.17) is 0 Å². The molecule has 0 saturated heterocycles. The minimum absolute atomic E-state index is 0.207. The van der Waals surface area contributed by atoms with E-state index in [2.05, 4.69) is 71.5 Å². The molecule has 0 aromatic heterocycles. The molecular weight excluding hydrogens is 439 g/mol. The van der Waals surface area contributed by atoms with Gasteiger partial charge < -0.3 is 0 Å². The number of allylic oxidation sites excluding steroid dienone is 1. The van der Waals surface area contributed by atoms with Crippen molar-refractivity contribution in [1.82, 2.24) is 0 Å². The van der Waals surface area contributed by atoms with Crippen LogP contribution in [0.4, 0.5) is 4.39 Å². The molecule has 1 heteroatoms. The molecule has 196 valence electrons. The SMILES string of the molecule is C=C(C)c1ccc(-c2cccc(F)c2)cc1.CCCC(C)CC.CCCC(CCC)c1ccccc1. The van der Waals surface area contributed by atoms with Crippen molar-refractivity contribution in [2.24, 2.45) is 5.92 Å². The quantitative estimate of drug-likeness (QED) is 0.266. The molecule has 36 heavy (non-hydrogen) atoms. The van der Waals surface area contributed by atoms with Crippen LogP contribution in [0.3, 0.4) is 0 Å². The monoisotopic (exact) mass is 488 g/mol. The third kappa shape index (κ3) is 12.3. The van der Waals surface area contributed by atoms with Crippen LogP contribution in [0.15, 0.2) is 85.4 Å². The first kappa shape index (κ1) is 31.4. The van der Waals surface area contributed by atoms with Crippen LogP contribution in [-0.2, 0) is 0 Å². The lowest BCUT2D eigenvalue weighted by molar-refractivity contribution is 0.509.